The minimum absolute atomic E-state index is 0.294. The second-order valence-corrected chi connectivity index (χ2v) is 3.87. The summed E-state index contributed by atoms with van der Waals surface area (Å²) in [7, 11) is 0. The average Bonchev–Trinajstić information content (AvgIpc) is 2.35. The van der Waals surface area contributed by atoms with Crippen molar-refractivity contribution in [1.29, 1.82) is 0 Å². The third kappa shape index (κ3) is 7.86. The average molecular weight is 261 g/mol. The molecule has 0 saturated heterocycles. The van der Waals surface area contributed by atoms with Gasteiger partial charge in [-0.2, -0.15) is 0 Å². The van der Waals surface area contributed by atoms with Crippen LogP contribution < -0.4 is 10.6 Å². The number of nitrogens with zero attached hydrogens (tertiary/aromatic N) is 1. The Hall–Kier alpha value is -1.34. The summed E-state index contributed by atoms with van der Waals surface area (Å²) in [5.41, 5.74) is 0. The van der Waals surface area contributed by atoms with Gasteiger partial charge in [0.25, 0.3) is 0 Å². The zero-order chi connectivity index (χ0) is 14.0. The number of urea groups is 1. The summed E-state index contributed by atoms with van der Waals surface area (Å²) < 4.78 is 0. The number of carbonyl (C=O) groups is 2. The monoisotopic (exact) mass is 261 g/mol. The molecule has 106 valence electrons. The van der Waals surface area contributed by atoms with E-state index >= 15 is 0 Å². The van der Waals surface area contributed by atoms with Gasteiger partial charge in [0.1, 0.15) is 0 Å². The minimum atomic E-state index is -1.56. The summed E-state index contributed by atoms with van der Waals surface area (Å²) in [5, 5.41) is 22.2. The van der Waals surface area contributed by atoms with Gasteiger partial charge in [0.2, 0.25) is 0 Å². The molecular formula is C11H23N3O4. The Kier molecular flexibility index (Phi) is 8.95. The highest BCUT2D eigenvalue weighted by atomic mass is 16.4. The van der Waals surface area contributed by atoms with Gasteiger partial charge < -0.3 is 25.7 Å². The van der Waals surface area contributed by atoms with Crippen LogP contribution in [0.3, 0.4) is 0 Å². The molecule has 0 spiro atoms. The van der Waals surface area contributed by atoms with Crippen LogP contribution >= 0.6 is 0 Å². The fourth-order valence-electron chi connectivity index (χ4n) is 1.38. The maximum Gasteiger partial charge on any atom is 0.334 e. The molecule has 4 N–H and O–H groups in total. The van der Waals surface area contributed by atoms with Crippen LogP contribution in [-0.4, -0.2) is 65.9 Å². The topological polar surface area (TPSA) is 102 Å². The number of amides is 2. The maximum absolute atomic E-state index is 11.2. The first-order valence-corrected chi connectivity index (χ1v) is 6.16. The third-order valence-corrected chi connectivity index (χ3v) is 2.57. The number of rotatable bonds is 9. The Morgan fingerprint density at radius 2 is 1.83 bits per heavy atom. The van der Waals surface area contributed by atoms with Crippen LogP contribution in [0, 0.1) is 0 Å². The molecular weight excluding hydrogens is 238 g/mol. The second kappa shape index (κ2) is 9.67. The molecule has 1 atom stereocenters. The molecule has 0 aliphatic carbocycles. The van der Waals surface area contributed by atoms with Gasteiger partial charge in [-0.15, -0.1) is 0 Å². The molecule has 0 fully saturated rings. The number of hydrogen-bond acceptors (Lipinski definition) is 4. The molecule has 0 aromatic rings. The van der Waals surface area contributed by atoms with Crippen LogP contribution in [0.2, 0.25) is 0 Å². The number of carbonyl (C=O) groups excluding carboxylic acids is 1. The van der Waals surface area contributed by atoms with Gasteiger partial charge in [0.05, 0.1) is 6.54 Å². The summed E-state index contributed by atoms with van der Waals surface area (Å²) in [4.78, 5) is 23.7. The molecule has 0 rings (SSSR count). The summed E-state index contributed by atoms with van der Waals surface area (Å²) in [6, 6.07) is -0.463. The molecule has 7 heteroatoms. The van der Waals surface area contributed by atoms with Gasteiger partial charge >= 0.3 is 12.0 Å². The van der Waals surface area contributed by atoms with Crippen LogP contribution in [0.1, 0.15) is 20.3 Å². The zero-order valence-electron chi connectivity index (χ0n) is 11.0. The molecule has 0 bridgehead atoms. The number of aliphatic hydroxyl groups excluding tert-OH is 1. The zero-order valence-corrected chi connectivity index (χ0v) is 11.0. The van der Waals surface area contributed by atoms with Crippen molar-refractivity contribution in [3.05, 3.63) is 0 Å². The molecule has 18 heavy (non-hydrogen) atoms. The lowest BCUT2D eigenvalue weighted by molar-refractivity contribution is -0.146. The summed E-state index contributed by atoms with van der Waals surface area (Å²) >= 11 is 0. The molecule has 1 unspecified atom stereocenters. The second-order valence-electron chi connectivity index (χ2n) is 3.87. The quantitative estimate of drug-likeness (QED) is 0.418. The highest BCUT2D eigenvalue weighted by Gasteiger charge is 2.13. The summed E-state index contributed by atoms with van der Waals surface area (Å²) in [6.07, 6.45) is -0.734. The minimum Gasteiger partial charge on any atom is -0.479 e. The van der Waals surface area contributed by atoms with Crippen molar-refractivity contribution in [2.24, 2.45) is 0 Å². The van der Waals surface area contributed by atoms with Crippen molar-refractivity contribution in [3.8, 4) is 0 Å². The molecule has 0 radical (unpaired) electrons. The predicted octanol–water partition coefficient (Wildman–Crippen LogP) is -0.537. The standard InChI is InChI=1S/C11H23N3O4/c1-3-14(4-2)7-5-6-12-11(18)13-8-9(15)10(16)17/h9,15H,3-8H2,1-2H3,(H,16,17)(H2,12,13,18). The number of carboxylic acids is 1. The van der Waals surface area contributed by atoms with Crippen LogP contribution in [0.15, 0.2) is 0 Å². The largest absolute Gasteiger partial charge is 0.479 e. The van der Waals surface area contributed by atoms with E-state index in [4.69, 9.17) is 10.2 Å². The van der Waals surface area contributed by atoms with E-state index in [0.717, 1.165) is 26.1 Å². The van der Waals surface area contributed by atoms with E-state index in [-0.39, 0.29) is 6.54 Å². The Balaban J connectivity index is 3.56. The van der Waals surface area contributed by atoms with Gasteiger partial charge in [-0.05, 0) is 26.1 Å². The first-order valence-electron chi connectivity index (χ1n) is 6.16. The molecule has 2 amide bonds. The number of aliphatic hydroxyl groups is 1. The highest BCUT2D eigenvalue weighted by molar-refractivity contribution is 5.76. The highest BCUT2D eigenvalue weighted by Crippen LogP contribution is 1.89. The van der Waals surface area contributed by atoms with E-state index in [0.29, 0.717) is 6.54 Å². The van der Waals surface area contributed by atoms with E-state index in [9.17, 15) is 9.59 Å². The van der Waals surface area contributed by atoms with E-state index in [1.807, 2.05) is 0 Å². The number of nitrogens with one attached hydrogen (secondary N) is 2. The fraction of sp³-hybridized carbons (Fsp3) is 0.818. The Morgan fingerprint density at radius 3 is 2.33 bits per heavy atom. The third-order valence-electron chi connectivity index (χ3n) is 2.57. The molecule has 0 aliphatic heterocycles. The van der Waals surface area contributed by atoms with Gasteiger partial charge in [-0.3, -0.25) is 0 Å². The lowest BCUT2D eigenvalue weighted by Crippen LogP contribution is -2.42. The smallest absolute Gasteiger partial charge is 0.334 e. The number of aliphatic carboxylic acids is 1. The lowest BCUT2D eigenvalue weighted by atomic mass is 10.3. The molecule has 0 aliphatic rings. The van der Waals surface area contributed by atoms with Crippen molar-refractivity contribution in [2.45, 2.75) is 26.4 Å². The first kappa shape index (κ1) is 16.7. The van der Waals surface area contributed by atoms with Crippen molar-refractivity contribution in [2.75, 3.05) is 32.7 Å². The van der Waals surface area contributed by atoms with E-state index in [1.54, 1.807) is 0 Å². The Bertz CT molecular complexity index is 257. The van der Waals surface area contributed by atoms with E-state index < -0.39 is 18.1 Å². The molecule has 0 aromatic heterocycles. The lowest BCUT2D eigenvalue weighted by Gasteiger charge is -2.17. The van der Waals surface area contributed by atoms with Crippen LogP contribution in [0.25, 0.3) is 0 Å². The van der Waals surface area contributed by atoms with E-state index in [1.165, 1.54) is 0 Å². The number of hydrogen-bond donors (Lipinski definition) is 4. The molecule has 0 aromatic carbocycles. The number of carboxylic acid groups (broad SMARTS) is 1. The van der Waals surface area contributed by atoms with Gasteiger partial charge in [-0.1, -0.05) is 13.8 Å². The van der Waals surface area contributed by atoms with Gasteiger partial charge in [-0.25, -0.2) is 9.59 Å². The normalized spacial score (nSPS) is 12.2. The van der Waals surface area contributed by atoms with Gasteiger partial charge in [0.15, 0.2) is 6.10 Å². The van der Waals surface area contributed by atoms with Crippen molar-refractivity contribution < 1.29 is 19.8 Å². The SMILES string of the molecule is CCN(CC)CCCNC(=O)NCC(O)C(=O)O. The summed E-state index contributed by atoms with van der Waals surface area (Å²) in [5.74, 6) is -1.35. The van der Waals surface area contributed by atoms with Crippen molar-refractivity contribution >= 4 is 12.0 Å². The molecule has 7 nitrogen and oxygen atoms in total. The van der Waals surface area contributed by atoms with E-state index in [2.05, 4.69) is 29.4 Å². The molecule has 0 saturated carbocycles. The van der Waals surface area contributed by atoms with Crippen molar-refractivity contribution in [1.82, 2.24) is 15.5 Å². The fourth-order valence-corrected chi connectivity index (χ4v) is 1.38. The van der Waals surface area contributed by atoms with Gasteiger partial charge in [0, 0.05) is 6.54 Å². The first-order chi connectivity index (χ1) is 8.51. The summed E-state index contributed by atoms with van der Waals surface area (Å²) in [6.45, 7) is 7.25. The van der Waals surface area contributed by atoms with Crippen molar-refractivity contribution in [3.63, 3.8) is 0 Å². The Labute approximate surface area is 107 Å². The maximum atomic E-state index is 11.2. The van der Waals surface area contributed by atoms with Crippen LogP contribution in [0.5, 0.6) is 0 Å². The Morgan fingerprint density at radius 1 is 1.22 bits per heavy atom. The molecule has 0 heterocycles. The predicted molar refractivity (Wildman–Crippen MR) is 67.4 cm³/mol. The van der Waals surface area contributed by atoms with Crippen LogP contribution in [0.4, 0.5) is 4.79 Å². The van der Waals surface area contributed by atoms with Crippen LogP contribution in [-0.2, 0) is 4.79 Å².